The van der Waals surface area contributed by atoms with Crippen molar-refractivity contribution >= 4 is 35.1 Å². The van der Waals surface area contributed by atoms with Crippen LogP contribution in [0.2, 0.25) is 10.0 Å². The van der Waals surface area contributed by atoms with E-state index in [9.17, 15) is 5.11 Å². The number of phenols is 1. The van der Waals surface area contributed by atoms with Crippen molar-refractivity contribution < 1.29 is 5.11 Å². The Bertz CT molecular complexity index is 555. The molecule has 1 N–H and O–H groups in total. The molecule has 2 rings (SSSR count). The second-order valence-corrected chi connectivity index (χ2v) is 4.77. The van der Waals surface area contributed by atoms with E-state index in [1.807, 2.05) is 19.1 Å². The number of phenolic OH excluding ortho intramolecular Hbond substituents is 1. The molecule has 0 heterocycles. The molecule has 4 heteroatoms. The number of hydrogen-bond acceptors (Lipinski definition) is 2. The van der Waals surface area contributed by atoms with E-state index >= 15 is 0 Å². The van der Waals surface area contributed by atoms with Gasteiger partial charge in [0.05, 0.1) is 5.69 Å². The summed E-state index contributed by atoms with van der Waals surface area (Å²) in [7, 11) is 0. The molecule has 92 valence electrons. The van der Waals surface area contributed by atoms with Crippen molar-refractivity contribution in [2.75, 3.05) is 0 Å². The fourth-order valence-electron chi connectivity index (χ4n) is 1.49. The number of rotatable bonds is 2. The Morgan fingerprint density at radius 3 is 2.50 bits per heavy atom. The minimum absolute atomic E-state index is 0.142. The molecule has 0 aromatic heterocycles. The molecule has 0 fully saturated rings. The Hall–Kier alpha value is -1.51. The summed E-state index contributed by atoms with van der Waals surface area (Å²) in [5.74, 6) is 0.142. The summed E-state index contributed by atoms with van der Waals surface area (Å²) >= 11 is 11.8. The zero-order valence-corrected chi connectivity index (χ0v) is 11.2. The van der Waals surface area contributed by atoms with Gasteiger partial charge in [-0.25, -0.2) is 0 Å². The molecule has 0 saturated carbocycles. The van der Waals surface area contributed by atoms with Gasteiger partial charge in [0.2, 0.25) is 0 Å². The third kappa shape index (κ3) is 3.03. The van der Waals surface area contributed by atoms with Crippen LogP contribution in [0.3, 0.4) is 0 Å². The van der Waals surface area contributed by atoms with Crippen LogP contribution in [-0.4, -0.2) is 11.3 Å². The van der Waals surface area contributed by atoms with Gasteiger partial charge < -0.3 is 5.11 Å². The lowest BCUT2D eigenvalue weighted by molar-refractivity contribution is 0.474. The average Bonchev–Trinajstić information content (AvgIpc) is 2.34. The number of aliphatic imine (C=N–C) groups is 1. The Morgan fingerprint density at radius 2 is 1.72 bits per heavy atom. The maximum atomic E-state index is 9.66. The van der Waals surface area contributed by atoms with Crippen LogP contribution in [-0.2, 0) is 0 Å². The molecule has 2 aromatic rings. The predicted octanol–water partition coefficient (Wildman–Crippen LogP) is 4.76. The summed E-state index contributed by atoms with van der Waals surface area (Å²) < 4.78 is 0. The standard InChI is InChI=1S/C14H11Cl2NO/c1-9-2-3-12(16)7-13(9)17-8-10-6-11(15)4-5-14(10)18/h2-8,18H,1H3. The zero-order chi connectivity index (χ0) is 13.1. The number of benzene rings is 2. The lowest BCUT2D eigenvalue weighted by Crippen LogP contribution is -1.83. The van der Waals surface area contributed by atoms with Crippen LogP contribution in [0.1, 0.15) is 11.1 Å². The Labute approximate surface area is 116 Å². The summed E-state index contributed by atoms with van der Waals surface area (Å²) in [5.41, 5.74) is 2.35. The fourth-order valence-corrected chi connectivity index (χ4v) is 1.84. The molecular formula is C14H11Cl2NO. The van der Waals surface area contributed by atoms with Gasteiger partial charge >= 0.3 is 0 Å². The van der Waals surface area contributed by atoms with Crippen LogP contribution in [0, 0.1) is 6.92 Å². The molecule has 0 atom stereocenters. The van der Waals surface area contributed by atoms with E-state index in [0.717, 1.165) is 11.3 Å². The van der Waals surface area contributed by atoms with E-state index in [-0.39, 0.29) is 5.75 Å². The fraction of sp³-hybridized carbons (Fsp3) is 0.0714. The topological polar surface area (TPSA) is 32.6 Å². The van der Waals surface area contributed by atoms with E-state index in [4.69, 9.17) is 23.2 Å². The molecule has 2 nitrogen and oxygen atoms in total. The van der Waals surface area contributed by atoms with Crippen LogP contribution in [0.4, 0.5) is 5.69 Å². The number of hydrogen-bond donors (Lipinski definition) is 1. The molecule has 0 aliphatic carbocycles. The van der Waals surface area contributed by atoms with Gasteiger partial charge in [-0.15, -0.1) is 0 Å². The minimum atomic E-state index is 0.142. The first-order chi connectivity index (χ1) is 8.56. The summed E-state index contributed by atoms with van der Waals surface area (Å²) in [6, 6.07) is 10.3. The highest BCUT2D eigenvalue weighted by atomic mass is 35.5. The van der Waals surface area contributed by atoms with E-state index in [1.165, 1.54) is 6.07 Å². The second kappa shape index (κ2) is 5.42. The number of nitrogens with zero attached hydrogens (tertiary/aromatic N) is 1. The van der Waals surface area contributed by atoms with E-state index < -0.39 is 0 Å². The molecule has 0 spiro atoms. The van der Waals surface area contributed by atoms with E-state index in [0.29, 0.717) is 15.6 Å². The number of aromatic hydroxyl groups is 1. The van der Waals surface area contributed by atoms with Crippen LogP contribution in [0.15, 0.2) is 41.4 Å². The van der Waals surface area contributed by atoms with E-state index in [2.05, 4.69) is 4.99 Å². The molecule has 0 saturated heterocycles. The first kappa shape index (κ1) is 12.9. The summed E-state index contributed by atoms with van der Waals surface area (Å²) in [5, 5.41) is 10.8. The van der Waals surface area contributed by atoms with Gasteiger partial charge in [-0.1, -0.05) is 29.3 Å². The molecule has 0 bridgehead atoms. The van der Waals surface area contributed by atoms with Crippen molar-refractivity contribution in [1.82, 2.24) is 0 Å². The molecule has 0 aliphatic heterocycles. The Morgan fingerprint density at radius 1 is 1.06 bits per heavy atom. The largest absolute Gasteiger partial charge is 0.507 e. The average molecular weight is 280 g/mol. The molecular weight excluding hydrogens is 269 g/mol. The smallest absolute Gasteiger partial charge is 0.124 e. The highest BCUT2D eigenvalue weighted by Crippen LogP contribution is 2.24. The van der Waals surface area contributed by atoms with Crippen molar-refractivity contribution in [2.45, 2.75) is 6.92 Å². The van der Waals surface area contributed by atoms with Crippen molar-refractivity contribution in [1.29, 1.82) is 0 Å². The van der Waals surface area contributed by atoms with Crippen LogP contribution in [0.25, 0.3) is 0 Å². The summed E-state index contributed by atoms with van der Waals surface area (Å²) in [6.45, 7) is 1.95. The van der Waals surface area contributed by atoms with Gasteiger partial charge in [0, 0.05) is 21.8 Å². The SMILES string of the molecule is Cc1ccc(Cl)cc1N=Cc1cc(Cl)ccc1O. The van der Waals surface area contributed by atoms with Gasteiger partial charge in [0.15, 0.2) is 0 Å². The third-order valence-corrected chi connectivity index (χ3v) is 2.97. The lowest BCUT2D eigenvalue weighted by atomic mass is 10.2. The molecule has 0 unspecified atom stereocenters. The minimum Gasteiger partial charge on any atom is -0.507 e. The van der Waals surface area contributed by atoms with Crippen LogP contribution >= 0.6 is 23.2 Å². The first-order valence-electron chi connectivity index (χ1n) is 5.35. The quantitative estimate of drug-likeness (QED) is 0.790. The van der Waals surface area contributed by atoms with Gasteiger partial charge in [-0.2, -0.15) is 0 Å². The maximum absolute atomic E-state index is 9.66. The normalized spacial score (nSPS) is 11.1. The first-order valence-corrected chi connectivity index (χ1v) is 6.10. The lowest BCUT2D eigenvalue weighted by Gasteiger charge is -2.02. The zero-order valence-electron chi connectivity index (χ0n) is 9.69. The summed E-state index contributed by atoms with van der Waals surface area (Å²) in [6.07, 6.45) is 1.57. The Balaban J connectivity index is 2.35. The summed E-state index contributed by atoms with van der Waals surface area (Å²) in [4.78, 5) is 4.31. The third-order valence-electron chi connectivity index (χ3n) is 2.50. The second-order valence-electron chi connectivity index (χ2n) is 3.89. The van der Waals surface area contributed by atoms with Gasteiger partial charge in [-0.05, 0) is 42.8 Å². The van der Waals surface area contributed by atoms with Gasteiger partial charge in [-0.3, -0.25) is 4.99 Å². The molecule has 2 aromatic carbocycles. The van der Waals surface area contributed by atoms with Crippen molar-refractivity contribution in [3.8, 4) is 5.75 Å². The Kier molecular flexibility index (Phi) is 3.90. The highest BCUT2D eigenvalue weighted by molar-refractivity contribution is 6.31. The van der Waals surface area contributed by atoms with Crippen LogP contribution in [0.5, 0.6) is 5.75 Å². The van der Waals surface area contributed by atoms with Crippen LogP contribution < -0.4 is 0 Å². The number of halogens is 2. The molecule has 18 heavy (non-hydrogen) atoms. The van der Waals surface area contributed by atoms with Crippen molar-refractivity contribution in [3.63, 3.8) is 0 Å². The predicted molar refractivity (Wildman–Crippen MR) is 76.6 cm³/mol. The molecule has 0 aliphatic rings. The monoisotopic (exact) mass is 279 g/mol. The van der Waals surface area contributed by atoms with Gasteiger partial charge in [0.1, 0.15) is 5.75 Å². The number of aryl methyl sites for hydroxylation is 1. The maximum Gasteiger partial charge on any atom is 0.124 e. The van der Waals surface area contributed by atoms with E-state index in [1.54, 1.807) is 24.4 Å². The van der Waals surface area contributed by atoms with Crippen molar-refractivity contribution in [2.24, 2.45) is 4.99 Å². The molecule has 0 amide bonds. The molecule has 0 radical (unpaired) electrons. The van der Waals surface area contributed by atoms with Crippen molar-refractivity contribution in [3.05, 3.63) is 57.6 Å². The van der Waals surface area contributed by atoms with Gasteiger partial charge in [0.25, 0.3) is 0 Å². The highest BCUT2D eigenvalue weighted by Gasteiger charge is 2.00.